The molecule has 1 heterocycles. The van der Waals surface area contributed by atoms with Crippen LogP contribution in [0.1, 0.15) is 35.6 Å². The standard InChI is InChI=1S/C24H18N2O4/c1-25-20-11-12-21(18-7-3-2-6-17(18)20)29-15-9-10-16-14(13-15)5-4-8-19(16)22-23(27)26-24(28)30-22/h2-3,6-7,9-13,19,27H,4-5,8H2,(H,26,28)/t19-/m1/s1. The lowest BCUT2D eigenvalue weighted by atomic mass is 9.81. The Balaban J connectivity index is 1.51. The Morgan fingerprint density at radius 2 is 1.97 bits per heavy atom. The molecule has 0 saturated heterocycles. The van der Waals surface area contributed by atoms with E-state index in [2.05, 4.69) is 9.83 Å². The number of H-pyrrole nitrogens is 1. The number of oxazole rings is 1. The molecular formula is C24H18N2O4. The predicted octanol–water partition coefficient (Wildman–Crippen LogP) is 5.64. The van der Waals surface area contributed by atoms with Gasteiger partial charge in [-0.2, -0.15) is 0 Å². The van der Waals surface area contributed by atoms with E-state index < -0.39 is 5.76 Å². The van der Waals surface area contributed by atoms with E-state index in [1.807, 2.05) is 48.5 Å². The lowest BCUT2D eigenvalue weighted by Crippen LogP contribution is -2.11. The highest BCUT2D eigenvalue weighted by molar-refractivity contribution is 5.98. The van der Waals surface area contributed by atoms with Gasteiger partial charge < -0.3 is 14.3 Å². The van der Waals surface area contributed by atoms with Crippen molar-refractivity contribution in [3.05, 3.63) is 93.5 Å². The third-order valence-corrected chi connectivity index (χ3v) is 5.61. The molecule has 1 aliphatic carbocycles. The maximum atomic E-state index is 11.5. The Morgan fingerprint density at radius 1 is 1.13 bits per heavy atom. The first kappa shape index (κ1) is 18.1. The van der Waals surface area contributed by atoms with Crippen molar-refractivity contribution in [1.82, 2.24) is 4.98 Å². The molecule has 1 aromatic heterocycles. The molecule has 4 aromatic rings. The van der Waals surface area contributed by atoms with Gasteiger partial charge in [-0.3, -0.25) is 4.98 Å². The van der Waals surface area contributed by atoms with Crippen LogP contribution in [0.25, 0.3) is 15.6 Å². The maximum Gasteiger partial charge on any atom is 0.419 e. The molecule has 1 atom stereocenters. The molecule has 0 fully saturated rings. The van der Waals surface area contributed by atoms with Gasteiger partial charge in [0.25, 0.3) is 0 Å². The van der Waals surface area contributed by atoms with Gasteiger partial charge in [0.15, 0.2) is 11.4 Å². The molecule has 0 spiro atoms. The molecule has 0 unspecified atom stereocenters. The number of nitrogens with zero attached hydrogens (tertiary/aromatic N) is 1. The summed E-state index contributed by atoms with van der Waals surface area (Å²) in [6, 6.07) is 17.2. The molecule has 30 heavy (non-hydrogen) atoms. The van der Waals surface area contributed by atoms with Crippen LogP contribution in [0, 0.1) is 6.57 Å². The molecule has 148 valence electrons. The van der Waals surface area contributed by atoms with Crippen molar-refractivity contribution in [3.63, 3.8) is 0 Å². The number of hydrogen-bond donors (Lipinski definition) is 2. The van der Waals surface area contributed by atoms with Crippen molar-refractivity contribution in [2.24, 2.45) is 0 Å². The number of hydrogen-bond acceptors (Lipinski definition) is 4. The van der Waals surface area contributed by atoms with Gasteiger partial charge in [-0.25, -0.2) is 9.64 Å². The van der Waals surface area contributed by atoms with Crippen LogP contribution in [0.2, 0.25) is 0 Å². The van der Waals surface area contributed by atoms with Gasteiger partial charge in [0.2, 0.25) is 5.88 Å². The fourth-order valence-corrected chi connectivity index (χ4v) is 4.26. The highest BCUT2D eigenvalue weighted by Crippen LogP contribution is 2.41. The second-order valence-corrected chi connectivity index (χ2v) is 7.38. The number of rotatable bonds is 3. The number of fused-ring (bicyclic) bond motifs is 2. The van der Waals surface area contributed by atoms with Gasteiger partial charge in [-0.05, 0) is 54.0 Å². The molecule has 6 nitrogen and oxygen atoms in total. The zero-order valence-electron chi connectivity index (χ0n) is 16.0. The predicted molar refractivity (Wildman–Crippen MR) is 113 cm³/mol. The van der Waals surface area contributed by atoms with E-state index in [1.165, 1.54) is 0 Å². The molecule has 0 aliphatic heterocycles. The molecule has 0 amide bonds. The molecule has 0 saturated carbocycles. The quantitative estimate of drug-likeness (QED) is 0.438. The summed E-state index contributed by atoms with van der Waals surface area (Å²) >= 11 is 0. The number of benzene rings is 3. The van der Waals surface area contributed by atoms with Gasteiger partial charge in [0, 0.05) is 11.3 Å². The van der Waals surface area contributed by atoms with Gasteiger partial charge in [0.05, 0.1) is 6.57 Å². The lowest BCUT2D eigenvalue weighted by Gasteiger charge is -2.24. The number of ether oxygens (including phenoxy) is 1. The van der Waals surface area contributed by atoms with Crippen molar-refractivity contribution in [2.75, 3.05) is 0 Å². The fourth-order valence-electron chi connectivity index (χ4n) is 4.26. The van der Waals surface area contributed by atoms with Crippen LogP contribution in [0.5, 0.6) is 17.4 Å². The summed E-state index contributed by atoms with van der Waals surface area (Å²) in [7, 11) is 0. The minimum atomic E-state index is -0.649. The van der Waals surface area contributed by atoms with E-state index in [9.17, 15) is 9.90 Å². The summed E-state index contributed by atoms with van der Waals surface area (Å²) in [6.45, 7) is 7.37. The monoisotopic (exact) mass is 398 g/mol. The minimum absolute atomic E-state index is 0.166. The lowest BCUT2D eigenvalue weighted by molar-refractivity contribution is 0.394. The van der Waals surface area contributed by atoms with E-state index in [0.29, 0.717) is 17.2 Å². The molecular weight excluding hydrogens is 380 g/mol. The van der Waals surface area contributed by atoms with Crippen LogP contribution in [0.4, 0.5) is 5.69 Å². The third-order valence-electron chi connectivity index (χ3n) is 5.61. The molecule has 3 aromatic carbocycles. The van der Waals surface area contributed by atoms with Crippen molar-refractivity contribution >= 4 is 16.5 Å². The number of nitrogens with one attached hydrogen (secondary N) is 1. The second-order valence-electron chi connectivity index (χ2n) is 7.38. The number of aromatic amines is 1. The smallest absolute Gasteiger partial charge is 0.419 e. The Morgan fingerprint density at radius 3 is 2.73 bits per heavy atom. The van der Waals surface area contributed by atoms with E-state index in [-0.39, 0.29) is 17.6 Å². The van der Waals surface area contributed by atoms with Gasteiger partial charge in [-0.1, -0.05) is 36.4 Å². The highest BCUT2D eigenvalue weighted by atomic mass is 16.5. The summed E-state index contributed by atoms with van der Waals surface area (Å²) in [5, 5.41) is 11.8. The third kappa shape index (κ3) is 3.01. The fraction of sp³-hybridized carbons (Fsp3) is 0.167. The molecule has 0 bridgehead atoms. The summed E-state index contributed by atoms with van der Waals surface area (Å²) < 4.78 is 11.4. The number of aromatic nitrogens is 1. The molecule has 6 heteroatoms. The Bertz CT molecular complexity index is 1360. The SMILES string of the molecule is [C-]#[N+]c1ccc(Oc2ccc3c(c2)CCC[C@H]3c2oc(=O)[nH]c2O)c2ccccc12. The van der Waals surface area contributed by atoms with Crippen LogP contribution in [-0.4, -0.2) is 10.1 Å². The summed E-state index contributed by atoms with van der Waals surface area (Å²) in [5.41, 5.74) is 2.73. The Labute approximate surface area is 172 Å². The van der Waals surface area contributed by atoms with Crippen LogP contribution in [0.15, 0.2) is 63.8 Å². The first-order chi connectivity index (χ1) is 14.6. The largest absolute Gasteiger partial charge is 0.492 e. The van der Waals surface area contributed by atoms with Gasteiger partial charge in [-0.15, -0.1) is 0 Å². The summed E-state index contributed by atoms with van der Waals surface area (Å²) in [4.78, 5) is 17.3. The van der Waals surface area contributed by atoms with Crippen molar-refractivity contribution < 1.29 is 14.3 Å². The first-order valence-electron chi connectivity index (χ1n) is 9.76. The Hall–Kier alpha value is -3.98. The van der Waals surface area contributed by atoms with E-state index in [1.54, 1.807) is 6.07 Å². The number of aromatic hydroxyl groups is 1. The number of aryl methyl sites for hydroxylation is 1. The molecule has 0 radical (unpaired) electrons. The zero-order chi connectivity index (χ0) is 20.7. The second kappa shape index (κ2) is 7.12. The normalized spacial score (nSPS) is 15.5. The molecule has 5 rings (SSSR count). The minimum Gasteiger partial charge on any atom is -0.492 e. The van der Waals surface area contributed by atoms with Crippen molar-refractivity contribution in [3.8, 4) is 17.4 Å². The van der Waals surface area contributed by atoms with E-state index in [0.717, 1.165) is 41.2 Å². The Kier molecular flexibility index (Phi) is 4.29. The van der Waals surface area contributed by atoms with Crippen LogP contribution in [-0.2, 0) is 6.42 Å². The van der Waals surface area contributed by atoms with E-state index >= 15 is 0 Å². The average Bonchev–Trinajstić information content (AvgIpc) is 3.11. The van der Waals surface area contributed by atoms with E-state index in [4.69, 9.17) is 15.7 Å². The van der Waals surface area contributed by atoms with Gasteiger partial charge >= 0.3 is 5.76 Å². The molecule has 1 aliphatic rings. The maximum absolute atomic E-state index is 11.5. The highest BCUT2D eigenvalue weighted by Gasteiger charge is 2.28. The first-order valence-corrected chi connectivity index (χ1v) is 9.76. The average molecular weight is 398 g/mol. The van der Waals surface area contributed by atoms with Crippen LogP contribution in [0.3, 0.4) is 0 Å². The zero-order valence-corrected chi connectivity index (χ0v) is 16.0. The molecule has 2 N–H and O–H groups in total. The summed E-state index contributed by atoms with van der Waals surface area (Å²) in [5.74, 6) is 0.666. The van der Waals surface area contributed by atoms with Gasteiger partial charge in [0.1, 0.15) is 11.5 Å². The van der Waals surface area contributed by atoms with Crippen LogP contribution >= 0.6 is 0 Å². The summed E-state index contributed by atoms with van der Waals surface area (Å²) in [6.07, 6.45) is 2.60. The van der Waals surface area contributed by atoms with Crippen molar-refractivity contribution in [2.45, 2.75) is 25.2 Å². The van der Waals surface area contributed by atoms with Crippen LogP contribution < -0.4 is 10.5 Å². The topological polar surface area (TPSA) is 79.8 Å². The van der Waals surface area contributed by atoms with Crippen molar-refractivity contribution in [1.29, 1.82) is 0 Å².